The van der Waals surface area contributed by atoms with E-state index in [9.17, 15) is 8.42 Å². The van der Waals surface area contributed by atoms with Gasteiger partial charge in [-0.1, -0.05) is 0 Å². The zero-order chi connectivity index (χ0) is 14.8. The van der Waals surface area contributed by atoms with Crippen molar-refractivity contribution in [1.82, 2.24) is 9.62 Å². The standard InChI is InChI=1S/C13H20BrN3O2S/c1-10(17-6-2-3-7-17)9-16-20(18,19)11-4-5-13(15)12(14)8-11/h4-5,8,10,16H,2-3,6-7,9,15H2,1H3. The second-order valence-electron chi connectivity index (χ2n) is 5.13. The van der Waals surface area contributed by atoms with E-state index in [0.29, 0.717) is 16.7 Å². The molecule has 0 radical (unpaired) electrons. The van der Waals surface area contributed by atoms with Crippen LogP contribution in [0.15, 0.2) is 27.6 Å². The van der Waals surface area contributed by atoms with E-state index in [1.54, 1.807) is 6.07 Å². The zero-order valence-electron chi connectivity index (χ0n) is 11.5. The summed E-state index contributed by atoms with van der Waals surface area (Å²) in [4.78, 5) is 2.54. The molecule has 20 heavy (non-hydrogen) atoms. The highest BCUT2D eigenvalue weighted by Crippen LogP contribution is 2.23. The first-order valence-corrected chi connectivity index (χ1v) is 8.96. The van der Waals surface area contributed by atoms with Gasteiger partial charge >= 0.3 is 0 Å². The van der Waals surface area contributed by atoms with Crippen LogP contribution in [0, 0.1) is 0 Å². The van der Waals surface area contributed by atoms with E-state index in [1.807, 2.05) is 6.92 Å². The Bertz CT molecular complexity index is 571. The molecule has 1 aliphatic heterocycles. The minimum absolute atomic E-state index is 0.212. The van der Waals surface area contributed by atoms with E-state index in [-0.39, 0.29) is 10.9 Å². The number of nitrogens with two attached hydrogens (primary N) is 1. The van der Waals surface area contributed by atoms with Crippen LogP contribution in [-0.4, -0.2) is 39.0 Å². The van der Waals surface area contributed by atoms with Gasteiger partial charge in [0.25, 0.3) is 0 Å². The van der Waals surface area contributed by atoms with E-state index in [2.05, 4.69) is 25.6 Å². The Hall–Kier alpha value is -0.630. The molecule has 0 bridgehead atoms. The normalized spacial score (nSPS) is 18.3. The molecule has 1 aliphatic rings. The quantitative estimate of drug-likeness (QED) is 0.784. The molecule has 2 rings (SSSR count). The summed E-state index contributed by atoms with van der Waals surface area (Å²) in [6.07, 6.45) is 2.39. The van der Waals surface area contributed by atoms with Crippen LogP contribution >= 0.6 is 15.9 Å². The van der Waals surface area contributed by atoms with Crippen LogP contribution in [-0.2, 0) is 10.0 Å². The molecule has 1 atom stereocenters. The molecule has 1 unspecified atom stereocenters. The van der Waals surface area contributed by atoms with E-state index < -0.39 is 10.0 Å². The lowest BCUT2D eigenvalue weighted by atomic mass is 10.3. The van der Waals surface area contributed by atoms with Gasteiger partial charge in [-0.25, -0.2) is 13.1 Å². The van der Waals surface area contributed by atoms with Crippen LogP contribution in [0.1, 0.15) is 19.8 Å². The number of anilines is 1. The number of nitrogens with one attached hydrogen (secondary N) is 1. The Labute approximate surface area is 128 Å². The molecule has 1 aromatic rings. The summed E-state index contributed by atoms with van der Waals surface area (Å²) in [5.41, 5.74) is 6.19. The van der Waals surface area contributed by atoms with Gasteiger partial charge in [-0.2, -0.15) is 0 Å². The molecule has 5 nitrogen and oxygen atoms in total. The topological polar surface area (TPSA) is 75.4 Å². The molecule has 1 saturated heterocycles. The van der Waals surface area contributed by atoms with Crippen LogP contribution in [0.3, 0.4) is 0 Å². The van der Waals surface area contributed by atoms with Crippen molar-refractivity contribution in [3.63, 3.8) is 0 Å². The van der Waals surface area contributed by atoms with Crippen LogP contribution in [0.2, 0.25) is 0 Å². The van der Waals surface area contributed by atoms with Crippen LogP contribution < -0.4 is 10.5 Å². The predicted octanol–water partition coefficient (Wildman–Crippen LogP) is 1.79. The zero-order valence-corrected chi connectivity index (χ0v) is 13.9. The van der Waals surface area contributed by atoms with Crippen molar-refractivity contribution in [2.75, 3.05) is 25.4 Å². The first-order chi connectivity index (χ1) is 9.40. The minimum Gasteiger partial charge on any atom is -0.398 e. The molecule has 0 spiro atoms. The molecule has 1 fully saturated rings. The third kappa shape index (κ3) is 3.72. The monoisotopic (exact) mass is 361 g/mol. The molecular weight excluding hydrogens is 342 g/mol. The Balaban J connectivity index is 2.01. The average Bonchev–Trinajstić information content (AvgIpc) is 2.93. The fraction of sp³-hybridized carbons (Fsp3) is 0.538. The number of rotatable bonds is 5. The number of benzene rings is 1. The number of hydrogen-bond acceptors (Lipinski definition) is 4. The maximum absolute atomic E-state index is 12.2. The molecule has 1 aromatic carbocycles. The highest BCUT2D eigenvalue weighted by molar-refractivity contribution is 9.10. The van der Waals surface area contributed by atoms with Crippen molar-refractivity contribution in [1.29, 1.82) is 0 Å². The number of sulfonamides is 1. The van der Waals surface area contributed by atoms with Crippen LogP contribution in [0.25, 0.3) is 0 Å². The fourth-order valence-electron chi connectivity index (χ4n) is 2.30. The van der Waals surface area contributed by atoms with E-state index in [0.717, 1.165) is 13.1 Å². The molecule has 0 aliphatic carbocycles. The number of hydrogen-bond donors (Lipinski definition) is 2. The van der Waals surface area contributed by atoms with Gasteiger partial charge in [-0.15, -0.1) is 0 Å². The van der Waals surface area contributed by atoms with Crippen LogP contribution in [0.5, 0.6) is 0 Å². The van der Waals surface area contributed by atoms with Crippen molar-refractivity contribution < 1.29 is 8.42 Å². The van der Waals surface area contributed by atoms with Crippen molar-refractivity contribution >= 4 is 31.6 Å². The van der Waals surface area contributed by atoms with E-state index in [4.69, 9.17) is 5.73 Å². The number of nitrogens with zero attached hydrogens (tertiary/aromatic N) is 1. The summed E-state index contributed by atoms with van der Waals surface area (Å²) in [5, 5.41) is 0. The van der Waals surface area contributed by atoms with Crippen molar-refractivity contribution in [2.45, 2.75) is 30.7 Å². The predicted molar refractivity (Wildman–Crippen MR) is 84.0 cm³/mol. The van der Waals surface area contributed by atoms with Gasteiger partial charge in [0.15, 0.2) is 0 Å². The van der Waals surface area contributed by atoms with Gasteiger partial charge in [0.2, 0.25) is 10.0 Å². The van der Waals surface area contributed by atoms with E-state index >= 15 is 0 Å². The van der Waals surface area contributed by atoms with Gasteiger partial charge in [0, 0.05) is 22.7 Å². The van der Waals surface area contributed by atoms with Gasteiger partial charge in [-0.05, 0) is 67.0 Å². The summed E-state index contributed by atoms with van der Waals surface area (Å²) in [5.74, 6) is 0. The summed E-state index contributed by atoms with van der Waals surface area (Å²) in [7, 11) is -3.49. The summed E-state index contributed by atoms with van der Waals surface area (Å²) < 4.78 is 27.7. The Morgan fingerprint density at radius 1 is 1.40 bits per heavy atom. The first-order valence-electron chi connectivity index (χ1n) is 6.69. The van der Waals surface area contributed by atoms with Crippen LogP contribution in [0.4, 0.5) is 5.69 Å². The molecule has 0 saturated carbocycles. The van der Waals surface area contributed by atoms with Crippen molar-refractivity contribution in [3.8, 4) is 0 Å². The van der Waals surface area contributed by atoms with Crippen molar-refractivity contribution in [3.05, 3.63) is 22.7 Å². The summed E-state index contributed by atoms with van der Waals surface area (Å²) in [6, 6.07) is 4.84. The lowest BCUT2D eigenvalue weighted by Crippen LogP contribution is -2.40. The molecular formula is C13H20BrN3O2S. The Morgan fingerprint density at radius 3 is 2.65 bits per heavy atom. The summed E-state index contributed by atoms with van der Waals surface area (Å²) >= 11 is 3.25. The van der Waals surface area contributed by atoms with Gasteiger partial charge in [0.1, 0.15) is 0 Å². The number of likely N-dealkylation sites (tertiary alicyclic amines) is 1. The molecule has 0 aromatic heterocycles. The highest BCUT2D eigenvalue weighted by atomic mass is 79.9. The molecule has 0 amide bonds. The SMILES string of the molecule is CC(CNS(=O)(=O)c1ccc(N)c(Br)c1)N1CCCC1. The fourth-order valence-corrected chi connectivity index (χ4v) is 3.98. The summed E-state index contributed by atoms with van der Waals surface area (Å²) in [6.45, 7) is 4.57. The minimum atomic E-state index is -3.49. The maximum Gasteiger partial charge on any atom is 0.240 e. The smallest absolute Gasteiger partial charge is 0.240 e. The van der Waals surface area contributed by atoms with Gasteiger partial charge < -0.3 is 5.73 Å². The maximum atomic E-state index is 12.2. The second kappa shape index (κ2) is 6.43. The molecule has 7 heteroatoms. The lowest BCUT2D eigenvalue weighted by molar-refractivity contribution is 0.260. The largest absolute Gasteiger partial charge is 0.398 e. The lowest BCUT2D eigenvalue weighted by Gasteiger charge is -2.23. The molecule has 1 heterocycles. The van der Waals surface area contributed by atoms with E-state index in [1.165, 1.54) is 25.0 Å². The molecule has 112 valence electrons. The third-order valence-corrected chi connectivity index (χ3v) is 5.72. The van der Waals surface area contributed by atoms with Gasteiger partial charge in [-0.3, -0.25) is 4.90 Å². The van der Waals surface area contributed by atoms with Gasteiger partial charge in [0.05, 0.1) is 4.90 Å². The second-order valence-corrected chi connectivity index (χ2v) is 7.75. The highest BCUT2D eigenvalue weighted by Gasteiger charge is 2.21. The number of halogens is 1. The van der Waals surface area contributed by atoms with Crippen molar-refractivity contribution in [2.24, 2.45) is 0 Å². The number of nitrogen functional groups attached to an aromatic ring is 1. The molecule has 3 N–H and O–H groups in total. The average molecular weight is 362 g/mol. The Kier molecular flexibility index (Phi) is 5.06. The first kappa shape index (κ1) is 15.8. The Morgan fingerprint density at radius 2 is 2.05 bits per heavy atom. The third-order valence-electron chi connectivity index (χ3n) is 3.61.